The van der Waals surface area contributed by atoms with Crippen molar-refractivity contribution in [3.63, 3.8) is 0 Å². The number of hydrogen-bond donors (Lipinski definition) is 1. The highest BCUT2D eigenvalue weighted by molar-refractivity contribution is 5.36. The maximum Gasteiger partial charge on any atom is 0.0921 e. The van der Waals surface area contributed by atoms with Gasteiger partial charge in [-0.25, -0.2) is 4.98 Å². The molecule has 0 aliphatic heterocycles. The van der Waals surface area contributed by atoms with E-state index in [9.17, 15) is 0 Å². The van der Waals surface area contributed by atoms with Crippen molar-refractivity contribution in [2.24, 2.45) is 0 Å². The summed E-state index contributed by atoms with van der Waals surface area (Å²) in [4.78, 5) is 7.32. The van der Waals surface area contributed by atoms with Crippen LogP contribution < -0.4 is 0 Å². The molecule has 1 aliphatic carbocycles. The van der Waals surface area contributed by atoms with Crippen LogP contribution in [0.25, 0.3) is 0 Å². The van der Waals surface area contributed by atoms with E-state index in [0.29, 0.717) is 5.92 Å². The molecule has 1 atom stereocenters. The van der Waals surface area contributed by atoms with Gasteiger partial charge in [0, 0.05) is 11.9 Å². The molecule has 17 heavy (non-hydrogen) atoms. The zero-order valence-electron chi connectivity index (χ0n) is 10.2. The van der Waals surface area contributed by atoms with Crippen LogP contribution in [0.1, 0.15) is 41.1 Å². The molecule has 1 aliphatic rings. The van der Waals surface area contributed by atoms with Gasteiger partial charge in [-0.3, -0.25) is 0 Å². The fourth-order valence-corrected chi connectivity index (χ4v) is 2.89. The van der Waals surface area contributed by atoms with Crippen LogP contribution in [-0.2, 0) is 12.8 Å². The van der Waals surface area contributed by atoms with Crippen molar-refractivity contribution in [3.05, 3.63) is 53.1 Å². The first-order chi connectivity index (χ1) is 8.33. The van der Waals surface area contributed by atoms with E-state index in [2.05, 4.69) is 35.1 Å². The molecule has 0 amide bonds. The standard InChI is InChI=1S/C15H18N2/c1-11-5-6-12-3-2-4-13(15(12)7-11)8-14-9-16-10-17-14/h5-7,9-10,13H,2-4,8H2,1H3,(H,16,17). The van der Waals surface area contributed by atoms with E-state index in [1.165, 1.54) is 30.5 Å². The van der Waals surface area contributed by atoms with Gasteiger partial charge >= 0.3 is 0 Å². The first kappa shape index (κ1) is 10.6. The van der Waals surface area contributed by atoms with Crippen LogP contribution in [0.15, 0.2) is 30.7 Å². The van der Waals surface area contributed by atoms with Gasteiger partial charge in [-0.15, -0.1) is 0 Å². The predicted octanol–water partition coefficient (Wildman–Crippen LogP) is 3.38. The Morgan fingerprint density at radius 2 is 2.35 bits per heavy atom. The molecule has 1 aromatic carbocycles. The minimum absolute atomic E-state index is 0.666. The third-order valence-corrected chi connectivity index (χ3v) is 3.76. The zero-order valence-corrected chi connectivity index (χ0v) is 10.2. The molecule has 0 fully saturated rings. The molecule has 2 nitrogen and oxygen atoms in total. The van der Waals surface area contributed by atoms with Gasteiger partial charge in [0.25, 0.3) is 0 Å². The van der Waals surface area contributed by atoms with Gasteiger partial charge in [-0.2, -0.15) is 0 Å². The summed E-state index contributed by atoms with van der Waals surface area (Å²) < 4.78 is 0. The lowest BCUT2D eigenvalue weighted by Crippen LogP contribution is -2.12. The van der Waals surface area contributed by atoms with Gasteiger partial charge in [-0.05, 0) is 49.7 Å². The molecule has 2 aromatic rings. The predicted molar refractivity (Wildman–Crippen MR) is 69.1 cm³/mol. The van der Waals surface area contributed by atoms with Crippen LogP contribution >= 0.6 is 0 Å². The lowest BCUT2D eigenvalue weighted by Gasteiger charge is -2.25. The van der Waals surface area contributed by atoms with Crippen molar-refractivity contribution in [2.75, 3.05) is 0 Å². The first-order valence-corrected chi connectivity index (χ1v) is 6.39. The van der Waals surface area contributed by atoms with Crippen LogP contribution in [0.3, 0.4) is 0 Å². The first-order valence-electron chi connectivity index (χ1n) is 6.39. The van der Waals surface area contributed by atoms with Crippen LogP contribution in [0, 0.1) is 6.92 Å². The molecule has 2 heteroatoms. The number of nitrogens with one attached hydrogen (secondary N) is 1. The summed E-state index contributed by atoms with van der Waals surface area (Å²) in [5, 5.41) is 0. The van der Waals surface area contributed by atoms with Crippen molar-refractivity contribution in [1.29, 1.82) is 0 Å². The molecule has 1 unspecified atom stereocenters. The number of aromatic amines is 1. The van der Waals surface area contributed by atoms with Crippen LogP contribution in [-0.4, -0.2) is 9.97 Å². The van der Waals surface area contributed by atoms with Crippen molar-refractivity contribution in [3.8, 4) is 0 Å². The summed E-state index contributed by atoms with van der Waals surface area (Å²) in [5.41, 5.74) is 5.74. The molecule has 3 rings (SSSR count). The van der Waals surface area contributed by atoms with Gasteiger partial charge in [-0.1, -0.05) is 23.8 Å². The largest absolute Gasteiger partial charge is 0.348 e. The van der Waals surface area contributed by atoms with Crippen LogP contribution in [0.4, 0.5) is 0 Å². The third kappa shape index (κ3) is 2.12. The highest BCUT2D eigenvalue weighted by Gasteiger charge is 2.20. The summed E-state index contributed by atoms with van der Waals surface area (Å²) >= 11 is 0. The number of nitrogens with zero attached hydrogens (tertiary/aromatic N) is 1. The Balaban J connectivity index is 1.90. The number of benzene rings is 1. The third-order valence-electron chi connectivity index (χ3n) is 3.76. The fraction of sp³-hybridized carbons (Fsp3) is 0.400. The Morgan fingerprint density at radius 3 is 3.18 bits per heavy atom. The normalized spacial score (nSPS) is 19.0. The van der Waals surface area contributed by atoms with Gasteiger partial charge in [0.15, 0.2) is 0 Å². The maximum absolute atomic E-state index is 4.11. The van der Waals surface area contributed by atoms with Crippen molar-refractivity contribution in [1.82, 2.24) is 9.97 Å². The van der Waals surface area contributed by atoms with Gasteiger partial charge in [0.2, 0.25) is 0 Å². The van der Waals surface area contributed by atoms with E-state index in [0.717, 1.165) is 6.42 Å². The lowest BCUT2D eigenvalue weighted by molar-refractivity contribution is 0.546. The lowest BCUT2D eigenvalue weighted by atomic mass is 9.80. The maximum atomic E-state index is 4.11. The quantitative estimate of drug-likeness (QED) is 0.835. The average Bonchev–Trinajstić information content (AvgIpc) is 2.83. The van der Waals surface area contributed by atoms with E-state index < -0.39 is 0 Å². The molecule has 88 valence electrons. The monoisotopic (exact) mass is 226 g/mol. The summed E-state index contributed by atoms with van der Waals surface area (Å²) in [6, 6.07) is 6.91. The van der Waals surface area contributed by atoms with Crippen molar-refractivity contribution < 1.29 is 0 Å². The molecule has 0 spiro atoms. The van der Waals surface area contributed by atoms with Crippen molar-refractivity contribution in [2.45, 2.75) is 38.5 Å². The Bertz CT molecular complexity index is 500. The Morgan fingerprint density at radius 1 is 1.41 bits per heavy atom. The number of imidazole rings is 1. The number of fused-ring (bicyclic) bond motifs is 1. The fourth-order valence-electron chi connectivity index (χ4n) is 2.89. The summed E-state index contributed by atoms with van der Waals surface area (Å²) in [6.45, 7) is 2.18. The average molecular weight is 226 g/mol. The minimum atomic E-state index is 0.666. The van der Waals surface area contributed by atoms with Gasteiger partial charge in [0.05, 0.1) is 6.33 Å². The number of aryl methyl sites for hydroxylation is 2. The summed E-state index contributed by atoms with van der Waals surface area (Å²) in [6.07, 6.45) is 8.68. The van der Waals surface area contributed by atoms with E-state index in [1.807, 2.05) is 6.20 Å². The highest BCUT2D eigenvalue weighted by Crippen LogP contribution is 2.34. The molecular formula is C15H18N2. The van der Waals surface area contributed by atoms with E-state index in [-0.39, 0.29) is 0 Å². The number of aromatic nitrogens is 2. The molecule has 1 N–H and O–H groups in total. The Kier molecular flexibility index (Phi) is 2.71. The van der Waals surface area contributed by atoms with E-state index in [1.54, 1.807) is 17.5 Å². The molecule has 1 heterocycles. The number of H-pyrrole nitrogens is 1. The molecule has 0 bridgehead atoms. The van der Waals surface area contributed by atoms with Crippen molar-refractivity contribution >= 4 is 0 Å². The van der Waals surface area contributed by atoms with Crippen LogP contribution in [0.2, 0.25) is 0 Å². The second-order valence-corrected chi connectivity index (χ2v) is 5.07. The highest BCUT2D eigenvalue weighted by atomic mass is 14.9. The summed E-state index contributed by atoms with van der Waals surface area (Å²) in [5.74, 6) is 0.666. The zero-order chi connectivity index (χ0) is 11.7. The molecule has 0 saturated carbocycles. The molecule has 0 radical (unpaired) electrons. The second kappa shape index (κ2) is 4.36. The minimum Gasteiger partial charge on any atom is -0.348 e. The smallest absolute Gasteiger partial charge is 0.0921 e. The van der Waals surface area contributed by atoms with Gasteiger partial charge in [0.1, 0.15) is 0 Å². The van der Waals surface area contributed by atoms with Crippen LogP contribution in [0.5, 0.6) is 0 Å². The SMILES string of the molecule is Cc1ccc2c(c1)C(Cc1cnc[nH]1)CCC2. The Labute approximate surface area is 102 Å². The molecule has 0 saturated heterocycles. The van der Waals surface area contributed by atoms with Gasteiger partial charge < -0.3 is 4.98 Å². The van der Waals surface area contributed by atoms with E-state index in [4.69, 9.17) is 0 Å². The Hall–Kier alpha value is -1.57. The van der Waals surface area contributed by atoms with E-state index >= 15 is 0 Å². The topological polar surface area (TPSA) is 28.7 Å². The number of rotatable bonds is 2. The molecular weight excluding hydrogens is 208 g/mol. The number of hydrogen-bond acceptors (Lipinski definition) is 1. The second-order valence-electron chi connectivity index (χ2n) is 5.07. The summed E-state index contributed by atoms with van der Waals surface area (Å²) in [7, 11) is 0. The molecule has 1 aromatic heterocycles.